The van der Waals surface area contributed by atoms with Crippen LogP contribution in [0.25, 0.3) is 0 Å². The summed E-state index contributed by atoms with van der Waals surface area (Å²) in [5.74, 6) is -2.33. The van der Waals surface area contributed by atoms with E-state index in [9.17, 15) is 19.2 Å². The SMILES string of the molecule is CNC(=O)c1cc2c(cc1C(=O)NCC(=O)O)CN(C(=O)CCCN)C2. The third-order valence-corrected chi connectivity index (χ3v) is 4.13. The topological polar surface area (TPSA) is 142 Å². The molecule has 5 N–H and O–H groups in total. The Morgan fingerprint density at radius 3 is 2.19 bits per heavy atom. The van der Waals surface area contributed by atoms with E-state index in [2.05, 4.69) is 10.6 Å². The molecule has 1 heterocycles. The third kappa shape index (κ3) is 4.37. The van der Waals surface area contributed by atoms with Gasteiger partial charge in [-0.15, -0.1) is 0 Å². The van der Waals surface area contributed by atoms with Gasteiger partial charge in [0, 0.05) is 26.6 Å². The van der Waals surface area contributed by atoms with E-state index in [1.54, 1.807) is 17.0 Å². The van der Waals surface area contributed by atoms with Gasteiger partial charge >= 0.3 is 5.97 Å². The van der Waals surface area contributed by atoms with Crippen molar-refractivity contribution in [2.45, 2.75) is 25.9 Å². The molecule has 0 saturated carbocycles. The minimum atomic E-state index is -1.18. The van der Waals surface area contributed by atoms with Crippen molar-refractivity contribution in [3.05, 3.63) is 34.4 Å². The van der Waals surface area contributed by atoms with Crippen molar-refractivity contribution in [2.75, 3.05) is 20.1 Å². The van der Waals surface area contributed by atoms with E-state index in [4.69, 9.17) is 10.8 Å². The summed E-state index contributed by atoms with van der Waals surface area (Å²) in [6.07, 6.45) is 0.941. The summed E-state index contributed by atoms with van der Waals surface area (Å²) in [6, 6.07) is 3.13. The first kappa shape index (κ1) is 19.4. The molecule has 0 atom stereocenters. The maximum atomic E-state index is 12.3. The summed E-state index contributed by atoms with van der Waals surface area (Å²) < 4.78 is 0. The molecular weight excluding hydrogens is 340 g/mol. The highest BCUT2D eigenvalue weighted by molar-refractivity contribution is 6.08. The number of hydrogen-bond donors (Lipinski definition) is 4. The molecule has 0 bridgehead atoms. The fourth-order valence-electron chi connectivity index (χ4n) is 2.80. The normalized spacial score (nSPS) is 12.5. The minimum absolute atomic E-state index is 0.0370. The van der Waals surface area contributed by atoms with Gasteiger partial charge in [-0.2, -0.15) is 0 Å². The van der Waals surface area contributed by atoms with Crippen LogP contribution in [0.3, 0.4) is 0 Å². The first-order chi connectivity index (χ1) is 12.4. The highest BCUT2D eigenvalue weighted by Gasteiger charge is 2.27. The number of carbonyl (C=O) groups is 4. The molecule has 140 valence electrons. The van der Waals surface area contributed by atoms with Crippen LogP contribution in [0.2, 0.25) is 0 Å². The highest BCUT2D eigenvalue weighted by atomic mass is 16.4. The summed E-state index contributed by atoms with van der Waals surface area (Å²) in [6.45, 7) is 0.583. The molecule has 0 radical (unpaired) electrons. The van der Waals surface area contributed by atoms with Crippen molar-refractivity contribution in [1.82, 2.24) is 15.5 Å². The summed E-state index contributed by atoms with van der Waals surface area (Å²) in [5.41, 5.74) is 7.21. The van der Waals surface area contributed by atoms with E-state index in [1.807, 2.05) is 0 Å². The maximum Gasteiger partial charge on any atom is 0.322 e. The Morgan fingerprint density at radius 2 is 1.69 bits per heavy atom. The predicted octanol–water partition coefficient (Wildman–Crippen LogP) is -0.558. The van der Waals surface area contributed by atoms with Crippen molar-refractivity contribution in [3.8, 4) is 0 Å². The Labute approximate surface area is 150 Å². The van der Waals surface area contributed by atoms with Gasteiger partial charge in [0.25, 0.3) is 11.8 Å². The van der Waals surface area contributed by atoms with Gasteiger partial charge in [-0.1, -0.05) is 0 Å². The zero-order chi connectivity index (χ0) is 19.3. The number of benzene rings is 1. The number of nitrogens with one attached hydrogen (secondary N) is 2. The van der Waals surface area contributed by atoms with Crippen molar-refractivity contribution >= 4 is 23.7 Å². The van der Waals surface area contributed by atoms with Crippen LogP contribution in [0.15, 0.2) is 12.1 Å². The lowest BCUT2D eigenvalue weighted by molar-refractivity contribution is -0.136. The lowest BCUT2D eigenvalue weighted by atomic mass is 9.98. The summed E-state index contributed by atoms with van der Waals surface area (Å²) >= 11 is 0. The number of nitrogens with zero attached hydrogens (tertiary/aromatic N) is 1. The van der Waals surface area contributed by atoms with Gasteiger partial charge in [0.15, 0.2) is 0 Å². The van der Waals surface area contributed by atoms with Crippen LogP contribution in [0.1, 0.15) is 44.7 Å². The molecule has 0 aromatic heterocycles. The van der Waals surface area contributed by atoms with E-state index in [0.717, 1.165) is 11.1 Å². The minimum Gasteiger partial charge on any atom is -0.480 e. The van der Waals surface area contributed by atoms with Gasteiger partial charge in [0.1, 0.15) is 6.54 Å². The first-order valence-corrected chi connectivity index (χ1v) is 8.23. The van der Waals surface area contributed by atoms with Crippen molar-refractivity contribution in [2.24, 2.45) is 5.73 Å². The molecule has 0 saturated heterocycles. The highest BCUT2D eigenvalue weighted by Crippen LogP contribution is 2.27. The fourth-order valence-corrected chi connectivity index (χ4v) is 2.80. The van der Waals surface area contributed by atoms with Crippen LogP contribution in [0.5, 0.6) is 0 Å². The van der Waals surface area contributed by atoms with Gasteiger partial charge in [-0.3, -0.25) is 19.2 Å². The number of nitrogens with two attached hydrogens (primary N) is 1. The van der Waals surface area contributed by atoms with Crippen LogP contribution >= 0.6 is 0 Å². The summed E-state index contributed by atoms with van der Waals surface area (Å²) in [7, 11) is 1.44. The molecule has 2 rings (SSSR count). The Kier molecular flexibility index (Phi) is 6.29. The first-order valence-electron chi connectivity index (χ1n) is 8.23. The number of carboxylic acid groups (broad SMARTS) is 1. The molecule has 1 aromatic rings. The molecular formula is C17H22N4O5. The van der Waals surface area contributed by atoms with Crippen LogP contribution in [-0.4, -0.2) is 53.8 Å². The van der Waals surface area contributed by atoms with Crippen LogP contribution in [-0.2, 0) is 22.7 Å². The van der Waals surface area contributed by atoms with E-state index in [1.165, 1.54) is 7.05 Å². The van der Waals surface area contributed by atoms with Crippen molar-refractivity contribution < 1.29 is 24.3 Å². The lowest BCUT2D eigenvalue weighted by Gasteiger charge is -2.14. The van der Waals surface area contributed by atoms with E-state index >= 15 is 0 Å². The second kappa shape index (κ2) is 8.43. The number of carboxylic acids is 1. The van der Waals surface area contributed by atoms with E-state index in [-0.39, 0.29) is 17.0 Å². The Hall–Kier alpha value is -2.94. The van der Waals surface area contributed by atoms with Crippen LogP contribution < -0.4 is 16.4 Å². The number of carbonyl (C=O) groups excluding carboxylic acids is 3. The number of aliphatic carboxylic acids is 1. The summed E-state index contributed by atoms with van der Waals surface area (Å²) in [4.78, 5) is 48.9. The molecule has 0 spiro atoms. The molecule has 1 aliphatic heterocycles. The van der Waals surface area contributed by atoms with Gasteiger partial charge in [-0.25, -0.2) is 0 Å². The zero-order valence-corrected chi connectivity index (χ0v) is 14.5. The van der Waals surface area contributed by atoms with Crippen molar-refractivity contribution in [3.63, 3.8) is 0 Å². The van der Waals surface area contributed by atoms with E-state index in [0.29, 0.717) is 32.5 Å². The average molecular weight is 362 g/mol. The molecule has 26 heavy (non-hydrogen) atoms. The van der Waals surface area contributed by atoms with Crippen LogP contribution in [0, 0.1) is 0 Å². The standard InChI is InChI=1S/C17H22N4O5/c1-19-16(25)12-5-10-8-21(14(22)3-2-4-18)9-11(10)6-13(12)17(26)20-7-15(23)24/h5-6H,2-4,7-9,18H2,1H3,(H,19,25)(H,20,26)(H,23,24). The van der Waals surface area contributed by atoms with Crippen LogP contribution in [0.4, 0.5) is 0 Å². The molecule has 1 aromatic carbocycles. The molecule has 9 heteroatoms. The van der Waals surface area contributed by atoms with Gasteiger partial charge in [0.2, 0.25) is 5.91 Å². The number of hydrogen-bond acceptors (Lipinski definition) is 5. The lowest BCUT2D eigenvalue weighted by Crippen LogP contribution is -2.32. The summed E-state index contributed by atoms with van der Waals surface area (Å²) in [5, 5.41) is 13.4. The average Bonchev–Trinajstić information content (AvgIpc) is 3.05. The Morgan fingerprint density at radius 1 is 1.12 bits per heavy atom. The largest absolute Gasteiger partial charge is 0.480 e. The zero-order valence-electron chi connectivity index (χ0n) is 14.5. The number of fused-ring (bicyclic) bond motifs is 1. The molecule has 0 fully saturated rings. The molecule has 1 aliphatic rings. The Bertz CT molecular complexity index is 747. The number of amides is 3. The molecule has 0 unspecified atom stereocenters. The van der Waals surface area contributed by atoms with Gasteiger partial charge in [0.05, 0.1) is 11.1 Å². The second-order valence-corrected chi connectivity index (χ2v) is 5.96. The smallest absolute Gasteiger partial charge is 0.322 e. The Balaban J connectivity index is 2.28. The fraction of sp³-hybridized carbons (Fsp3) is 0.412. The monoisotopic (exact) mass is 362 g/mol. The van der Waals surface area contributed by atoms with Gasteiger partial charge < -0.3 is 26.4 Å². The molecule has 9 nitrogen and oxygen atoms in total. The number of rotatable bonds is 7. The molecule has 0 aliphatic carbocycles. The molecule has 3 amide bonds. The quantitative estimate of drug-likeness (QED) is 0.512. The maximum absolute atomic E-state index is 12.3. The third-order valence-electron chi connectivity index (χ3n) is 4.13. The van der Waals surface area contributed by atoms with Gasteiger partial charge in [-0.05, 0) is 36.2 Å². The second-order valence-electron chi connectivity index (χ2n) is 5.96. The predicted molar refractivity (Wildman–Crippen MR) is 92.3 cm³/mol. The van der Waals surface area contributed by atoms with E-state index < -0.39 is 24.3 Å². The van der Waals surface area contributed by atoms with Crippen molar-refractivity contribution in [1.29, 1.82) is 0 Å².